The largest absolute Gasteiger partial charge is 0.497 e. The highest BCUT2D eigenvalue weighted by Gasteiger charge is 2.19. The standard InChI is InChI=1S/C21H23N3O/c1-13(17-8-4-6-15-7-5-9-18(15)17)22-21-19-12-16(25-3)10-11-20(19)23-14(2)24-21/h4,6,8,10-13H,5,7,9H2,1-3H3,(H,22,23,24)/t13-/m1/s1. The molecule has 1 aromatic heterocycles. The second-order valence-electron chi connectivity index (χ2n) is 6.71. The van der Waals surface area contributed by atoms with E-state index in [1.54, 1.807) is 7.11 Å². The van der Waals surface area contributed by atoms with Crippen LogP contribution in [-0.4, -0.2) is 17.1 Å². The molecule has 0 saturated carbocycles. The molecule has 1 N–H and O–H groups in total. The Hall–Kier alpha value is -2.62. The molecule has 0 aliphatic heterocycles. The number of nitrogens with zero attached hydrogens (tertiary/aromatic N) is 2. The predicted molar refractivity (Wildman–Crippen MR) is 101 cm³/mol. The summed E-state index contributed by atoms with van der Waals surface area (Å²) in [4.78, 5) is 9.20. The van der Waals surface area contributed by atoms with E-state index in [0.29, 0.717) is 0 Å². The van der Waals surface area contributed by atoms with Gasteiger partial charge in [-0.25, -0.2) is 9.97 Å². The first-order valence-corrected chi connectivity index (χ1v) is 8.85. The van der Waals surface area contributed by atoms with Crippen LogP contribution < -0.4 is 10.1 Å². The molecule has 4 nitrogen and oxygen atoms in total. The number of rotatable bonds is 4. The third kappa shape index (κ3) is 2.93. The lowest BCUT2D eigenvalue weighted by molar-refractivity contribution is 0.415. The highest BCUT2D eigenvalue weighted by atomic mass is 16.5. The van der Waals surface area contributed by atoms with Crippen LogP contribution in [0.1, 0.15) is 41.9 Å². The van der Waals surface area contributed by atoms with Gasteiger partial charge in [0.2, 0.25) is 0 Å². The number of hydrogen-bond acceptors (Lipinski definition) is 4. The predicted octanol–water partition coefficient (Wildman–Crippen LogP) is 4.61. The highest BCUT2D eigenvalue weighted by Crippen LogP contribution is 2.32. The first-order valence-electron chi connectivity index (χ1n) is 8.85. The summed E-state index contributed by atoms with van der Waals surface area (Å²) in [5.41, 5.74) is 5.32. The number of benzene rings is 2. The fourth-order valence-electron chi connectivity index (χ4n) is 3.80. The first-order chi connectivity index (χ1) is 12.2. The molecule has 1 aliphatic rings. The van der Waals surface area contributed by atoms with Gasteiger partial charge in [-0.2, -0.15) is 0 Å². The van der Waals surface area contributed by atoms with Crippen molar-refractivity contribution in [1.82, 2.24) is 9.97 Å². The second kappa shape index (κ2) is 6.36. The van der Waals surface area contributed by atoms with E-state index in [9.17, 15) is 0 Å². The third-order valence-corrected chi connectivity index (χ3v) is 5.02. The zero-order valence-electron chi connectivity index (χ0n) is 15.0. The lowest BCUT2D eigenvalue weighted by atomic mass is 9.98. The SMILES string of the molecule is COc1ccc2nc(C)nc(N[C@H](C)c3cccc4c3CCC4)c2c1. The number of anilines is 1. The van der Waals surface area contributed by atoms with Crippen molar-refractivity contribution in [2.75, 3.05) is 12.4 Å². The van der Waals surface area contributed by atoms with Crippen LogP contribution in [0.3, 0.4) is 0 Å². The fraction of sp³-hybridized carbons (Fsp3) is 0.333. The van der Waals surface area contributed by atoms with Crippen LogP contribution in [0.25, 0.3) is 10.9 Å². The van der Waals surface area contributed by atoms with Crippen molar-refractivity contribution in [3.8, 4) is 5.75 Å². The lowest BCUT2D eigenvalue weighted by Crippen LogP contribution is -2.11. The average Bonchev–Trinajstić information content (AvgIpc) is 3.10. The quantitative estimate of drug-likeness (QED) is 0.757. The topological polar surface area (TPSA) is 47.0 Å². The molecule has 0 bridgehead atoms. The molecule has 0 fully saturated rings. The summed E-state index contributed by atoms with van der Waals surface area (Å²) in [5.74, 6) is 2.45. The van der Waals surface area contributed by atoms with Gasteiger partial charge in [0.25, 0.3) is 0 Å². The van der Waals surface area contributed by atoms with E-state index in [1.807, 2.05) is 25.1 Å². The van der Waals surface area contributed by atoms with Crippen molar-refractivity contribution in [1.29, 1.82) is 0 Å². The smallest absolute Gasteiger partial charge is 0.138 e. The minimum Gasteiger partial charge on any atom is -0.497 e. The van der Waals surface area contributed by atoms with Crippen molar-refractivity contribution < 1.29 is 4.74 Å². The Labute approximate surface area is 148 Å². The molecule has 0 spiro atoms. The molecule has 4 rings (SSSR count). The molecular formula is C21H23N3O. The van der Waals surface area contributed by atoms with E-state index in [2.05, 4.69) is 40.4 Å². The Bertz CT molecular complexity index is 936. The van der Waals surface area contributed by atoms with Crippen molar-refractivity contribution in [3.05, 3.63) is 58.9 Å². The van der Waals surface area contributed by atoms with E-state index < -0.39 is 0 Å². The molecule has 0 amide bonds. The Morgan fingerprint density at radius 1 is 1.12 bits per heavy atom. The highest BCUT2D eigenvalue weighted by molar-refractivity contribution is 5.90. The molecule has 0 saturated heterocycles. The van der Waals surface area contributed by atoms with Crippen molar-refractivity contribution >= 4 is 16.7 Å². The normalized spacial score (nSPS) is 14.4. The Balaban J connectivity index is 1.74. The number of methoxy groups -OCH3 is 1. The van der Waals surface area contributed by atoms with Crippen LogP contribution in [0.15, 0.2) is 36.4 Å². The summed E-state index contributed by atoms with van der Waals surface area (Å²) in [7, 11) is 1.68. The Morgan fingerprint density at radius 2 is 2.00 bits per heavy atom. The summed E-state index contributed by atoms with van der Waals surface area (Å²) in [6, 6.07) is 12.8. The Morgan fingerprint density at radius 3 is 2.84 bits per heavy atom. The summed E-state index contributed by atoms with van der Waals surface area (Å²) in [6.07, 6.45) is 3.63. The molecule has 1 aliphatic carbocycles. The maximum atomic E-state index is 5.37. The number of aromatic nitrogens is 2. The average molecular weight is 333 g/mol. The monoisotopic (exact) mass is 333 g/mol. The van der Waals surface area contributed by atoms with E-state index in [1.165, 1.54) is 36.0 Å². The molecule has 1 heterocycles. The van der Waals surface area contributed by atoms with Gasteiger partial charge in [-0.05, 0) is 68.0 Å². The maximum Gasteiger partial charge on any atom is 0.138 e. The summed E-state index contributed by atoms with van der Waals surface area (Å²) in [5, 5.41) is 4.61. The lowest BCUT2D eigenvalue weighted by Gasteiger charge is -2.20. The van der Waals surface area contributed by atoms with Crippen LogP contribution in [-0.2, 0) is 12.8 Å². The van der Waals surface area contributed by atoms with E-state index in [-0.39, 0.29) is 6.04 Å². The molecule has 0 radical (unpaired) electrons. The van der Waals surface area contributed by atoms with Crippen LogP contribution in [0.2, 0.25) is 0 Å². The van der Waals surface area contributed by atoms with Crippen LogP contribution in [0.5, 0.6) is 5.75 Å². The van der Waals surface area contributed by atoms with Gasteiger partial charge in [-0.15, -0.1) is 0 Å². The molecule has 25 heavy (non-hydrogen) atoms. The molecular weight excluding hydrogens is 310 g/mol. The van der Waals surface area contributed by atoms with Crippen LogP contribution in [0, 0.1) is 6.92 Å². The van der Waals surface area contributed by atoms with Crippen LogP contribution >= 0.6 is 0 Å². The summed E-state index contributed by atoms with van der Waals surface area (Å²) >= 11 is 0. The van der Waals surface area contributed by atoms with Crippen molar-refractivity contribution in [3.63, 3.8) is 0 Å². The van der Waals surface area contributed by atoms with Gasteiger partial charge in [-0.1, -0.05) is 18.2 Å². The van der Waals surface area contributed by atoms with E-state index in [0.717, 1.165) is 28.3 Å². The van der Waals surface area contributed by atoms with Crippen molar-refractivity contribution in [2.45, 2.75) is 39.2 Å². The maximum absolute atomic E-state index is 5.37. The molecule has 4 heteroatoms. The second-order valence-corrected chi connectivity index (χ2v) is 6.71. The number of aryl methyl sites for hydroxylation is 2. The zero-order chi connectivity index (χ0) is 17.4. The van der Waals surface area contributed by atoms with Crippen molar-refractivity contribution in [2.24, 2.45) is 0 Å². The van der Waals surface area contributed by atoms with Gasteiger partial charge >= 0.3 is 0 Å². The molecule has 3 aromatic rings. The molecule has 0 unspecified atom stereocenters. The number of ether oxygens (including phenoxy) is 1. The number of hydrogen-bond donors (Lipinski definition) is 1. The summed E-state index contributed by atoms with van der Waals surface area (Å²) < 4.78 is 5.37. The molecule has 1 atom stereocenters. The first kappa shape index (κ1) is 15.9. The van der Waals surface area contributed by atoms with Gasteiger partial charge < -0.3 is 10.1 Å². The van der Waals surface area contributed by atoms with Gasteiger partial charge in [0.05, 0.1) is 18.7 Å². The minimum absolute atomic E-state index is 0.191. The van der Waals surface area contributed by atoms with Gasteiger partial charge in [0.15, 0.2) is 0 Å². The molecule has 128 valence electrons. The van der Waals surface area contributed by atoms with Crippen LogP contribution in [0.4, 0.5) is 5.82 Å². The Kier molecular flexibility index (Phi) is 4.04. The minimum atomic E-state index is 0.191. The number of fused-ring (bicyclic) bond motifs is 2. The van der Waals surface area contributed by atoms with Gasteiger partial charge in [0, 0.05) is 5.39 Å². The number of nitrogens with one attached hydrogen (secondary N) is 1. The zero-order valence-corrected chi connectivity index (χ0v) is 15.0. The van der Waals surface area contributed by atoms with Gasteiger partial charge in [0.1, 0.15) is 17.4 Å². The summed E-state index contributed by atoms with van der Waals surface area (Å²) in [6.45, 7) is 4.14. The van der Waals surface area contributed by atoms with Gasteiger partial charge in [-0.3, -0.25) is 0 Å². The third-order valence-electron chi connectivity index (χ3n) is 5.02. The molecule has 2 aromatic carbocycles. The van der Waals surface area contributed by atoms with E-state index in [4.69, 9.17) is 4.74 Å². The fourth-order valence-corrected chi connectivity index (χ4v) is 3.80. The van der Waals surface area contributed by atoms with E-state index >= 15 is 0 Å².